The van der Waals surface area contributed by atoms with Crippen molar-refractivity contribution in [2.45, 2.75) is 6.92 Å². The van der Waals surface area contributed by atoms with E-state index in [2.05, 4.69) is 0 Å². The van der Waals surface area contributed by atoms with Crippen molar-refractivity contribution in [1.29, 1.82) is 0 Å². The third-order valence-corrected chi connectivity index (χ3v) is 4.37. The van der Waals surface area contributed by atoms with E-state index in [0.717, 1.165) is 6.08 Å². The molecule has 0 atom stereocenters. The quantitative estimate of drug-likeness (QED) is 0.733. The van der Waals surface area contributed by atoms with Gasteiger partial charge >= 0.3 is 5.97 Å². The predicted molar refractivity (Wildman–Crippen MR) is 79.5 cm³/mol. The summed E-state index contributed by atoms with van der Waals surface area (Å²) in [5.41, 5.74) is 0.641. The number of carboxylic acid groups (broad SMARTS) is 1. The van der Waals surface area contributed by atoms with Crippen LogP contribution in [0.3, 0.4) is 0 Å². The summed E-state index contributed by atoms with van der Waals surface area (Å²) in [6.07, 6.45) is 2.44. The van der Waals surface area contributed by atoms with Crippen LogP contribution in [0.15, 0.2) is 24.3 Å². The van der Waals surface area contributed by atoms with E-state index in [9.17, 15) is 13.2 Å². The average Bonchev–Trinajstić information content (AvgIpc) is 2.45. The van der Waals surface area contributed by atoms with Gasteiger partial charge in [0.15, 0.2) is 21.3 Å². The summed E-state index contributed by atoms with van der Waals surface area (Å²) < 4.78 is 33.3. The molecular formula is C14H18O6S. The van der Waals surface area contributed by atoms with Crippen molar-refractivity contribution in [3.63, 3.8) is 0 Å². The second-order valence-corrected chi connectivity index (χ2v) is 6.64. The molecule has 1 aromatic carbocycles. The summed E-state index contributed by atoms with van der Waals surface area (Å²) in [5, 5.41) is 8.57. The van der Waals surface area contributed by atoms with Crippen LogP contribution in [0.2, 0.25) is 0 Å². The van der Waals surface area contributed by atoms with Crippen molar-refractivity contribution in [1.82, 2.24) is 0 Å². The van der Waals surface area contributed by atoms with E-state index >= 15 is 0 Å². The van der Waals surface area contributed by atoms with Gasteiger partial charge in [-0.3, -0.25) is 0 Å². The Morgan fingerprint density at radius 2 is 2.05 bits per heavy atom. The zero-order chi connectivity index (χ0) is 15.9. The van der Waals surface area contributed by atoms with E-state index in [-0.39, 0.29) is 18.1 Å². The summed E-state index contributed by atoms with van der Waals surface area (Å²) in [7, 11) is -1.62. The minimum Gasteiger partial charge on any atom is -0.493 e. The first kappa shape index (κ1) is 17.0. The van der Waals surface area contributed by atoms with Crippen LogP contribution in [0, 0.1) is 0 Å². The van der Waals surface area contributed by atoms with Crippen LogP contribution in [0.5, 0.6) is 11.5 Å². The SMILES string of the molecule is CCS(=O)(=O)CCOc1ccc(/C=C/C(=O)O)cc1OC. The van der Waals surface area contributed by atoms with Gasteiger partial charge in [0.2, 0.25) is 0 Å². The van der Waals surface area contributed by atoms with Gasteiger partial charge in [0.05, 0.1) is 12.9 Å². The van der Waals surface area contributed by atoms with Crippen molar-refractivity contribution < 1.29 is 27.8 Å². The van der Waals surface area contributed by atoms with Crippen LogP contribution in [0.25, 0.3) is 6.08 Å². The van der Waals surface area contributed by atoms with Crippen LogP contribution in [-0.2, 0) is 14.6 Å². The highest BCUT2D eigenvalue weighted by Crippen LogP contribution is 2.28. The molecule has 0 spiro atoms. The molecule has 0 amide bonds. The molecule has 0 saturated carbocycles. The number of carboxylic acids is 1. The van der Waals surface area contributed by atoms with Crippen LogP contribution in [0.1, 0.15) is 12.5 Å². The Morgan fingerprint density at radius 3 is 2.62 bits per heavy atom. The lowest BCUT2D eigenvalue weighted by Gasteiger charge is -2.11. The van der Waals surface area contributed by atoms with Crippen molar-refractivity contribution in [2.24, 2.45) is 0 Å². The van der Waals surface area contributed by atoms with Gasteiger partial charge in [0, 0.05) is 11.8 Å². The number of benzene rings is 1. The molecule has 0 aliphatic rings. The molecule has 0 unspecified atom stereocenters. The molecule has 6 nitrogen and oxygen atoms in total. The Balaban J connectivity index is 2.77. The molecular weight excluding hydrogens is 296 g/mol. The summed E-state index contributed by atoms with van der Waals surface area (Å²) in [5.74, 6) is -0.202. The maximum absolute atomic E-state index is 11.4. The van der Waals surface area contributed by atoms with Gasteiger partial charge in [-0.05, 0) is 23.8 Å². The highest BCUT2D eigenvalue weighted by Gasteiger charge is 2.10. The fraction of sp³-hybridized carbons (Fsp3) is 0.357. The number of ether oxygens (including phenoxy) is 2. The van der Waals surface area contributed by atoms with Crippen LogP contribution in [0.4, 0.5) is 0 Å². The van der Waals surface area contributed by atoms with E-state index < -0.39 is 15.8 Å². The van der Waals surface area contributed by atoms with E-state index in [1.54, 1.807) is 25.1 Å². The molecule has 0 bridgehead atoms. The zero-order valence-electron chi connectivity index (χ0n) is 11.9. The summed E-state index contributed by atoms with van der Waals surface area (Å²) >= 11 is 0. The molecule has 0 aliphatic carbocycles. The minimum atomic E-state index is -3.08. The third-order valence-electron chi connectivity index (χ3n) is 2.70. The topological polar surface area (TPSA) is 89.9 Å². The third kappa shape index (κ3) is 5.86. The molecule has 0 radical (unpaired) electrons. The molecule has 0 saturated heterocycles. The molecule has 116 valence electrons. The molecule has 21 heavy (non-hydrogen) atoms. The fourth-order valence-corrected chi connectivity index (χ4v) is 2.12. The number of hydrogen-bond donors (Lipinski definition) is 1. The molecule has 0 fully saturated rings. The van der Waals surface area contributed by atoms with Gasteiger partial charge in [-0.15, -0.1) is 0 Å². The maximum atomic E-state index is 11.4. The van der Waals surface area contributed by atoms with Gasteiger partial charge < -0.3 is 14.6 Å². The van der Waals surface area contributed by atoms with Crippen LogP contribution < -0.4 is 9.47 Å². The van der Waals surface area contributed by atoms with Gasteiger partial charge in [0.25, 0.3) is 0 Å². The standard InChI is InChI=1S/C14H18O6S/c1-3-21(17,18)9-8-20-12-6-4-11(5-7-14(15)16)10-13(12)19-2/h4-7,10H,3,8-9H2,1-2H3,(H,15,16)/b7-5+. The average molecular weight is 314 g/mol. The van der Waals surface area contributed by atoms with Crippen molar-refractivity contribution in [3.05, 3.63) is 29.8 Å². The van der Waals surface area contributed by atoms with E-state index in [1.165, 1.54) is 13.2 Å². The highest BCUT2D eigenvalue weighted by atomic mass is 32.2. The minimum absolute atomic E-state index is 0.0385. The molecule has 0 heterocycles. The second-order valence-electron chi connectivity index (χ2n) is 4.17. The van der Waals surface area contributed by atoms with Gasteiger partial charge in [-0.2, -0.15) is 0 Å². The van der Waals surface area contributed by atoms with Gasteiger partial charge in [0.1, 0.15) is 6.61 Å². The Morgan fingerprint density at radius 1 is 1.33 bits per heavy atom. The monoisotopic (exact) mass is 314 g/mol. The lowest BCUT2D eigenvalue weighted by molar-refractivity contribution is -0.131. The number of methoxy groups -OCH3 is 1. The number of rotatable bonds is 8. The summed E-state index contributed by atoms with van der Waals surface area (Å²) in [6, 6.07) is 4.88. The second kappa shape index (κ2) is 7.68. The largest absolute Gasteiger partial charge is 0.493 e. The smallest absolute Gasteiger partial charge is 0.328 e. The van der Waals surface area contributed by atoms with Crippen molar-refractivity contribution in [2.75, 3.05) is 25.2 Å². The molecule has 0 aromatic heterocycles. The number of sulfone groups is 1. The summed E-state index contributed by atoms with van der Waals surface area (Å²) in [4.78, 5) is 10.5. The van der Waals surface area contributed by atoms with Gasteiger partial charge in [-0.1, -0.05) is 13.0 Å². The molecule has 1 N–H and O–H groups in total. The Labute approximate surface area is 123 Å². The Kier molecular flexibility index (Phi) is 6.23. The number of hydrogen-bond acceptors (Lipinski definition) is 5. The Bertz CT molecular complexity index is 618. The van der Waals surface area contributed by atoms with Crippen molar-refractivity contribution in [3.8, 4) is 11.5 Å². The molecule has 7 heteroatoms. The van der Waals surface area contributed by atoms with Gasteiger partial charge in [-0.25, -0.2) is 13.2 Å². The number of carbonyl (C=O) groups is 1. The van der Waals surface area contributed by atoms with E-state index in [1.807, 2.05) is 0 Å². The first-order chi connectivity index (χ1) is 9.88. The molecule has 0 aliphatic heterocycles. The Hall–Kier alpha value is -2.02. The summed E-state index contributed by atoms with van der Waals surface area (Å²) in [6.45, 7) is 1.62. The first-order valence-corrected chi connectivity index (χ1v) is 8.12. The van der Waals surface area contributed by atoms with Crippen molar-refractivity contribution >= 4 is 21.9 Å². The molecule has 1 rings (SSSR count). The molecule has 1 aromatic rings. The zero-order valence-corrected chi connectivity index (χ0v) is 12.7. The lowest BCUT2D eigenvalue weighted by atomic mass is 10.2. The predicted octanol–water partition coefficient (Wildman–Crippen LogP) is 1.61. The fourth-order valence-electron chi connectivity index (χ4n) is 1.50. The van der Waals surface area contributed by atoms with Crippen LogP contribution >= 0.6 is 0 Å². The lowest BCUT2D eigenvalue weighted by Crippen LogP contribution is -2.15. The highest BCUT2D eigenvalue weighted by molar-refractivity contribution is 7.91. The maximum Gasteiger partial charge on any atom is 0.328 e. The number of aliphatic carboxylic acids is 1. The van der Waals surface area contributed by atoms with E-state index in [4.69, 9.17) is 14.6 Å². The first-order valence-electron chi connectivity index (χ1n) is 6.30. The van der Waals surface area contributed by atoms with E-state index in [0.29, 0.717) is 17.1 Å². The van der Waals surface area contributed by atoms with Crippen LogP contribution in [-0.4, -0.2) is 44.7 Å². The normalized spacial score (nSPS) is 11.5.